The summed E-state index contributed by atoms with van der Waals surface area (Å²) >= 11 is 0. The minimum Gasteiger partial charge on any atom is -0.369 e. The third-order valence-corrected chi connectivity index (χ3v) is 4.18. The van der Waals surface area contributed by atoms with Crippen LogP contribution in [0.25, 0.3) is 0 Å². The molecule has 0 aromatic rings. The van der Waals surface area contributed by atoms with E-state index in [0.29, 0.717) is 12.1 Å². The molecule has 4 N–H and O–H groups in total. The Morgan fingerprint density at radius 2 is 1.69 bits per heavy atom. The molecule has 4 nitrogen and oxygen atoms in total. The highest BCUT2D eigenvalue weighted by Crippen LogP contribution is 2.26. The maximum Gasteiger partial charge on any atom is 0.220 e. The molecule has 1 heterocycles. The summed E-state index contributed by atoms with van der Waals surface area (Å²) in [7, 11) is 0. The molecule has 2 unspecified atom stereocenters. The highest BCUT2D eigenvalue weighted by atomic mass is 16.1. The molecule has 0 spiro atoms. The average molecular weight is 225 g/mol. The number of primary amides is 1. The lowest BCUT2D eigenvalue weighted by Crippen LogP contribution is -2.52. The second-order valence-corrected chi connectivity index (χ2v) is 5.23. The highest BCUT2D eigenvalue weighted by Gasteiger charge is 2.31. The second kappa shape index (κ2) is 5.15. The van der Waals surface area contributed by atoms with Gasteiger partial charge in [-0.3, -0.25) is 9.69 Å². The minimum atomic E-state index is -0.132. The summed E-state index contributed by atoms with van der Waals surface area (Å²) in [4.78, 5) is 13.6. The Balaban J connectivity index is 1.85. The van der Waals surface area contributed by atoms with Gasteiger partial charge in [-0.1, -0.05) is 12.8 Å². The number of likely N-dealkylation sites (tertiary alicyclic amines) is 1. The predicted molar refractivity (Wildman–Crippen MR) is 63.7 cm³/mol. The lowest BCUT2D eigenvalue weighted by Gasteiger charge is -2.41. The van der Waals surface area contributed by atoms with Gasteiger partial charge in [0.2, 0.25) is 5.91 Å². The van der Waals surface area contributed by atoms with E-state index in [4.69, 9.17) is 11.5 Å². The number of nitrogens with zero attached hydrogens (tertiary/aromatic N) is 1. The van der Waals surface area contributed by atoms with Gasteiger partial charge in [0.15, 0.2) is 0 Å². The van der Waals surface area contributed by atoms with Crippen LogP contribution in [-0.4, -0.2) is 36.0 Å². The first-order valence-corrected chi connectivity index (χ1v) is 6.47. The normalized spacial score (nSPS) is 33.8. The van der Waals surface area contributed by atoms with Gasteiger partial charge in [-0.15, -0.1) is 0 Å². The average Bonchev–Trinajstić information content (AvgIpc) is 2.30. The number of nitrogens with two attached hydrogens (primary N) is 2. The van der Waals surface area contributed by atoms with Gasteiger partial charge in [0.05, 0.1) is 0 Å². The van der Waals surface area contributed by atoms with Crippen molar-refractivity contribution in [2.75, 3.05) is 13.1 Å². The summed E-state index contributed by atoms with van der Waals surface area (Å²) in [5.74, 6) is -0.0383. The van der Waals surface area contributed by atoms with Crippen LogP contribution in [0.3, 0.4) is 0 Å². The van der Waals surface area contributed by atoms with Crippen LogP contribution in [0.1, 0.15) is 38.5 Å². The third kappa shape index (κ3) is 2.55. The van der Waals surface area contributed by atoms with Crippen molar-refractivity contribution in [2.24, 2.45) is 17.4 Å². The Kier molecular flexibility index (Phi) is 3.82. The van der Waals surface area contributed by atoms with Gasteiger partial charge in [-0.2, -0.15) is 0 Å². The molecule has 92 valence electrons. The number of amides is 1. The lowest BCUT2D eigenvalue weighted by molar-refractivity contribution is -0.123. The standard InChI is InChI=1S/C12H23N3O/c13-10-3-1-2-4-11(10)15-7-5-9(6-8-15)12(14)16/h9-11H,1-8,13H2,(H2,14,16). The molecule has 2 rings (SSSR count). The van der Waals surface area contributed by atoms with Gasteiger partial charge in [-0.05, 0) is 38.8 Å². The molecule has 1 amide bonds. The van der Waals surface area contributed by atoms with Crippen molar-refractivity contribution in [3.05, 3.63) is 0 Å². The van der Waals surface area contributed by atoms with Crippen molar-refractivity contribution in [2.45, 2.75) is 50.6 Å². The molecule has 0 bridgehead atoms. The minimum absolute atomic E-state index is 0.0936. The topological polar surface area (TPSA) is 72.4 Å². The fourth-order valence-corrected chi connectivity index (χ4v) is 3.11. The first-order chi connectivity index (χ1) is 7.68. The third-order valence-electron chi connectivity index (χ3n) is 4.18. The Labute approximate surface area is 97.3 Å². The molecule has 2 aliphatic rings. The van der Waals surface area contributed by atoms with E-state index >= 15 is 0 Å². The molecule has 1 aliphatic heterocycles. The van der Waals surface area contributed by atoms with Crippen molar-refractivity contribution in [1.29, 1.82) is 0 Å². The summed E-state index contributed by atoms with van der Waals surface area (Å²) in [6, 6.07) is 0.876. The van der Waals surface area contributed by atoms with Crippen molar-refractivity contribution in [3.8, 4) is 0 Å². The molecular formula is C12H23N3O. The van der Waals surface area contributed by atoms with Gasteiger partial charge in [0, 0.05) is 18.0 Å². The summed E-state index contributed by atoms with van der Waals surface area (Å²) < 4.78 is 0. The van der Waals surface area contributed by atoms with Crippen molar-refractivity contribution in [3.63, 3.8) is 0 Å². The SMILES string of the molecule is NC(=O)C1CCN(C2CCCCC2N)CC1. The van der Waals surface area contributed by atoms with Gasteiger partial charge >= 0.3 is 0 Å². The number of rotatable bonds is 2. The number of carbonyl (C=O) groups excluding carboxylic acids is 1. The Morgan fingerprint density at radius 1 is 1.06 bits per heavy atom. The first-order valence-electron chi connectivity index (χ1n) is 6.47. The molecule has 2 fully saturated rings. The fourth-order valence-electron chi connectivity index (χ4n) is 3.11. The quantitative estimate of drug-likeness (QED) is 0.717. The van der Waals surface area contributed by atoms with E-state index in [1.54, 1.807) is 0 Å². The van der Waals surface area contributed by atoms with Crippen molar-refractivity contribution in [1.82, 2.24) is 4.90 Å². The number of piperidine rings is 1. The summed E-state index contributed by atoms with van der Waals surface area (Å²) in [6.45, 7) is 1.98. The van der Waals surface area contributed by atoms with E-state index in [1.165, 1.54) is 19.3 Å². The number of carbonyl (C=O) groups is 1. The molecular weight excluding hydrogens is 202 g/mol. The van der Waals surface area contributed by atoms with Gasteiger partial charge < -0.3 is 11.5 Å². The Bertz CT molecular complexity index is 249. The van der Waals surface area contributed by atoms with Crippen LogP contribution in [0.2, 0.25) is 0 Å². The zero-order chi connectivity index (χ0) is 11.5. The Morgan fingerprint density at radius 3 is 2.25 bits per heavy atom. The van der Waals surface area contributed by atoms with E-state index in [0.717, 1.165) is 32.4 Å². The van der Waals surface area contributed by atoms with Crippen LogP contribution < -0.4 is 11.5 Å². The second-order valence-electron chi connectivity index (χ2n) is 5.23. The molecule has 2 atom stereocenters. The van der Waals surface area contributed by atoms with E-state index in [9.17, 15) is 4.79 Å². The predicted octanol–water partition coefficient (Wildman–Crippen LogP) is 0.454. The van der Waals surface area contributed by atoms with Crippen LogP contribution >= 0.6 is 0 Å². The monoisotopic (exact) mass is 225 g/mol. The fraction of sp³-hybridized carbons (Fsp3) is 0.917. The van der Waals surface area contributed by atoms with Gasteiger partial charge in [0.25, 0.3) is 0 Å². The molecule has 1 saturated carbocycles. The largest absolute Gasteiger partial charge is 0.369 e. The highest BCUT2D eigenvalue weighted by molar-refractivity contribution is 5.76. The van der Waals surface area contributed by atoms with Crippen molar-refractivity contribution >= 4 is 5.91 Å². The van der Waals surface area contributed by atoms with Gasteiger partial charge in [0.1, 0.15) is 0 Å². The maximum absolute atomic E-state index is 11.1. The van der Waals surface area contributed by atoms with E-state index < -0.39 is 0 Å². The van der Waals surface area contributed by atoms with Crippen LogP contribution in [0.4, 0.5) is 0 Å². The first kappa shape index (κ1) is 11.9. The summed E-state index contributed by atoms with van der Waals surface area (Å²) in [5.41, 5.74) is 11.5. The van der Waals surface area contributed by atoms with Gasteiger partial charge in [-0.25, -0.2) is 0 Å². The smallest absolute Gasteiger partial charge is 0.220 e. The molecule has 0 radical (unpaired) electrons. The van der Waals surface area contributed by atoms with Crippen LogP contribution in [0.15, 0.2) is 0 Å². The molecule has 1 aliphatic carbocycles. The summed E-state index contributed by atoms with van der Waals surface area (Å²) in [5, 5.41) is 0. The van der Waals surface area contributed by atoms with E-state index in [-0.39, 0.29) is 11.8 Å². The van der Waals surface area contributed by atoms with Crippen LogP contribution in [0.5, 0.6) is 0 Å². The summed E-state index contributed by atoms with van der Waals surface area (Å²) in [6.07, 6.45) is 6.78. The molecule has 0 aromatic heterocycles. The molecule has 0 aromatic carbocycles. The van der Waals surface area contributed by atoms with E-state index in [2.05, 4.69) is 4.90 Å². The molecule has 1 saturated heterocycles. The Hall–Kier alpha value is -0.610. The van der Waals surface area contributed by atoms with Crippen LogP contribution in [-0.2, 0) is 4.79 Å². The van der Waals surface area contributed by atoms with Crippen molar-refractivity contribution < 1.29 is 4.79 Å². The van der Waals surface area contributed by atoms with Crippen LogP contribution in [0, 0.1) is 5.92 Å². The maximum atomic E-state index is 11.1. The molecule has 16 heavy (non-hydrogen) atoms. The van der Waals surface area contributed by atoms with E-state index in [1.807, 2.05) is 0 Å². The zero-order valence-corrected chi connectivity index (χ0v) is 9.90. The molecule has 4 heteroatoms. The lowest BCUT2D eigenvalue weighted by atomic mass is 9.87. The zero-order valence-electron chi connectivity index (χ0n) is 9.90. The number of hydrogen-bond donors (Lipinski definition) is 2. The number of hydrogen-bond acceptors (Lipinski definition) is 3.